The highest BCUT2D eigenvalue weighted by Gasteiger charge is 2.22. The van der Waals surface area contributed by atoms with Crippen molar-refractivity contribution in [2.45, 2.75) is 32.0 Å². The summed E-state index contributed by atoms with van der Waals surface area (Å²) in [7, 11) is 3.48. The highest BCUT2D eigenvalue weighted by Crippen LogP contribution is 2.25. The third kappa shape index (κ3) is 2.82. The molecule has 1 rings (SSSR count). The van der Waals surface area contributed by atoms with Crippen molar-refractivity contribution in [3.05, 3.63) is 18.0 Å². The molecule has 14 heavy (non-hydrogen) atoms. The van der Waals surface area contributed by atoms with Gasteiger partial charge in [-0.15, -0.1) is 0 Å². The summed E-state index contributed by atoms with van der Waals surface area (Å²) in [4.78, 5) is 0. The minimum absolute atomic E-state index is 0.310. The normalized spacial score (nSPS) is 14.4. The molecule has 4 heteroatoms. The molecule has 1 N–H and O–H groups in total. The molecule has 0 saturated heterocycles. The Morgan fingerprint density at radius 3 is 2.71 bits per heavy atom. The van der Waals surface area contributed by atoms with Gasteiger partial charge in [0.15, 0.2) is 0 Å². The van der Waals surface area contributed by atoms with Crippen molar-refractivity contribution in [2.75, 3.05) is 7.11 Å². The molecule has 0 amide bonds. The van der Waals surface area contributed by atoms with E-state index in [1.807, 2.05) is 27.1 Å². The lowest BCUT2D eigenvalue weighted by Gasteiger charge is -2.25. The molecule has 80 valence electrons. The molecule has 1 unspecified atom stereocenters. The Balaban J connectivity index is 2.63. The molecule has 0 bridgehead atoms. The minimum atomic E-state index is -0.515. The van der Waals surface area contributed by atoms with E-state index in [0.717, 1.165) is 5.56 Å². The van der Waals surface area contributed by atoms with E-state index in [0.29, 0.717) is 6.42 Å². The Morgan fingerprint density at radius 2 is 2.29 bits per heavy atom. The summed E-state index contributed by atoms with van der Waals surface area (Å²) in [5.41, 5.74) is 0.521. The summed E-state index contributed by atoms with van der Waals surface area (Å²) in [5, 5.41) is 13.9. The Labute approximate surface area is 84.5 Å². The van der Waals surface area contributed by atoms with E-state index in [1.165, 1.54) is 0 Å². The van der Waals surface area contributed by atoms with Crippen LogP contribution in [0.3, 0.4) is 0 Å². The fraction of sp³-hybridized carbons (Fsp3) is 0.700. The zero-order valence-electron chi connectivity index (χ0n) is 9.19. The standard InChI is InChI=1S/C10H18N2O2/c1-10(2,14-4)5-9(13)8-6-11-12(3)7-8/h6-7,9,13H,5H2,1-4H3. The minimum Gasteiger partial charge on any atom is -0.388 e. The molecular weight excluding hydrogens is 180 g/mol. The largest absolute Gasteiger partial charge is 0.388 e. The van der Waals surface area contributed by atoms with E-state index >= 15 is 0 Å². The zero-order chi connectivity index (χ0) is 10.8. The van der Waals surface area contributed by atoms with E-state index in [9.17, 15) is 5.11 Å². The Hall–Kier alpha value is -0.870. The van der Waals surface area contributed by atoms with Gasteiger partial charge >= 0.3 is 0 Å². The second-order valence-corrected chi connectivity index (χ2v) is 4.13. The fourth-order valence-corrected chi connectivity index (χ4v) is 1.28. The summed E-state index contributed by atoms with van der Waals surface area (Å²) in [6.07, 6.45) is 3.54. The molecule has 1 heterocycles. The fourth-order valence-electron chi connectivity index (χ4n) is 1.28. The second-order valence-electron chi connectivity index (χ2n) is 4.13. The maximum Gasteiger partial charge on any atom is 0.0847 e. The van der Waals surface area contributed by atoms with E-state index in [4.69, 9.17) is 4.74 Å². The van der Waals surface area contributed by atoms with Gasteiger partial charge in [0.1, 0.15) is 0 Å². The zero-order valence-corrected chi connectivity index (χ0v) is 9.19. The van der Waals surface area contributed by atoms with Crippen LogP contribution in [-0.2, 0) is 11.8 Å². The predicted molar refractivity (Wildman–Crippen MR) is 53.9 cm³/mol. The average molecular weight is 198 g/mol. The van der Waals surface area contributed by atoms with Crippen LogP contribution >= 0.6 is 0 Å². The molecule has 1 aromatic rings. The first kappa shape index (κ1) is 11.2. The van der Waals surface area contributed by atoms with Gasteiger partial charge in [0.05, 0.1) is 17.9 Å². The number of hydrogen-bond acceptors (Lipinski definition) is 3. The molecule has 0 radical (unpaired) electrons. The first-order chi connectivity index (χ1) is 6.44. The molecule has 0 saturated carbocycles. The van der Waals surface area contributed by atoms with Crippen LogP contribution in [0.1, 0.15) is 31.9 Å². The van der Waals surface area contributed by atoms with Crippen LogP contribution < -0.4 is 0 Å². The molecule has 0 aromatic carbocycles. The number of hydrogen-bond donors (Lipinski definition) is 1. The molecule has 0 spiro atoms. The highest BCUT2D eigenvalue weighted by molar-refractivity contribution is 5.08. The Morgan fingerprint density at radius 1 is 1.64 bits per heavy atom. The Bertz CT molecular complexity index is 294. The van der Waals surface area contributed by atoms with Crippen molar-refractivity contribution < 1.29 is 9.84 Å². The first-order valence-electron chi connectivity index (χ1n) is 4.66. The van der Waals surface area contributed by atoms with Crippen molar-refractivity contribution in [2.24, 2.45) is 7.05 Å². The number of nitrogens with zero attached hydrogens (tertiary/aromatic N) is 2. The van der Waals surface area contributed by atoms with Gasteiger partial charge in [-0.25, -0.2) is 0 Å². The van der Waals surface area contributed by atoms with Crippen LogP contribution in [-0.4, -0.2) is 27.6 Å². The number of aromatic nitrogens is 2. The third-order valence-electron chi connectivity index (χ3n) is 2.35. The summed E-state index contributed by atoms with van der Waals surface area (Å²) >= 11 is 0. The number of aliphatic hydroxyl groups is 1. The van der Waals surface area contributed by atoms with Gasteiger partial charge in [0.25, 0.3) is 0 Å². The molecule has 0 fully saturated rings. The van der Waals surface area contributed by atoms with Crippen LogP contribution in [0.25, 0.3) is 0 Å². The molecule has 0 aliphatic carbocycles. The van der Waals surface area contributed by atoms with Gasteiger partial charge in [-0.1, -0.05) is 0 Å². The van der Waals surface area contributed by atoms with E-state index in [-0.39, 0.29) is 5.60 Å². The highest BCUT2D eigenvalue weighted by atomic mass is 16.5. The Kier molecular flexibility index (Phi) is 3.29. The molecule has 1 atom stereocenters. The molecule has 1 aromatic heterocycles. The third-order valence-corrected chi connectivity index (χ3v) is 2.35. The number of aryl methyl sites for hydroxylation is 1. The van der Waals surface area contributed by atoms with Gasteiger partial charge in [0, 0.05) is 32.3 Å². The summed E-state index contributed by atoms with van der Waals surface area (Å²) < 4.78 is 6.93. The lowest BCUT2D eigenvalue weighted by atomic mass is 9.98. The maximum atomic E-state index is 9.87. The van der Waals surface area contributed by atoms with Gasteiger partial charge in [0.2, 0.25) is 0 Å². The van der Waals surface area contributed by atoms with E-state index in [1.54, 1.807) is 18.0 Å². The topological polar surface area (TPSA) is 47.3 Å². The lowest BCUT2D eigenvalue weighted by molar-refractivity contribution is -0.0201. The van der Waals surface area contributed by atoms with Crippen molar-refractivity contribution in [1.82, 2.24) is 9.78 Å². The second kappa shape index (κ2) is 4.11. The number of methoxy groups -OCH3 is 1. The molecule has 0 aliphatic rings. The number of aliphatic hydroxyl groups excluding tert-OH is 1. The molecular formula is C10H18N2O2. The van der Waals surface area contributed by atoms with Crippen molar-refractivity contribution >= 4 is 0 Å². The van der Waals surface area contributed by atoms with Crippen LogP contribution in [0.15, 0.2) is 12.4 Å². The van der Waals surface area contributed by atoms with Gasteiger partial charge < -0.3 is 9.84 Å². The molecule has 0 aliphatic heterocycles. The lowest BCUT2D eigenvalue weighted by Crippen LogP contribution is -2.25. The van der Waals surface area contributed by atoms with Gasteiger partial charge in [-0.3, -0.25) is 4.68 Å². The quantitative estimate of drug-likeness (QED) is 0.792. The van der Waals surface area contributed by atoms with Crippen LogP contribution in [0.4, 0.5) is 0 Å². The summed E-state index contributed by atoms with van der Waals surface area (Å²) in [5.74, 6) is 0. The van der Waals surface area contributed by atoms with Crippen molar-refractivity contribution in [3.63, 3.8) is 0 Å². The SMILES string of the molecule is COC(C)(C)CC(O)c1cnn(C)c1. The van der Waals surface area contributed by atoms with Gasteiger partial charge in [-0.05, 0) is 13.8 Å². The van der Waals surface area contributed by atoms with Crippen molar-refractivity contribution in [1.29, 1.82) is 0 Å². The van der Waals surface area contributed by atoms with Crippen LogP contribution in [0.5, 0.6) is 0 Å². The number of rotatable bonds is 4. The van der Waals surface area contributed by atoms with Gasteiger partial charge in [-0.2, -0.15) is 5.10 Å². The smallest absolute Gasteiger partial charge is 0.0847 e. The number of ether oxygens (including phenoxy) is 1. The summed E-state index contributed by atoms with van der Waals surface area (Å²) in [6.45, 7) is 3.90. The first-order valence-corrected chi connectivity index (χ1v) is 4.66. The average Bonchev–Trinajstić information content (AvgIpc) is 2.51. The molecule has 4 nitrogen and oxygen atoms in total. The summed E-state index contributed by atoms with van der Waals surface area (Å²) in [6, 6.07) is 0. The predicted octanol–water partition coefficient (Wildman–Crippen LogP) is 1.27. The van der Waals surface area contributed by atoms with E-state index in [2.05, 4.69) is 5.10 Å². The van der Waals surface area contributed by atoms with Crippen LogP contribution in [0.2, 0.25) is 0 Å². The maximum absolute atomic E-state index is 9.87. The monoisotopic (exact) mass is 198 g/mol. The van der Waals surface area contributed by atoms with Crippen LogP contribution in [0, 0.1) is 0 Å². The van der Waals surface area contributed by atoms with E-state index < -0.39 is 6.10 Å². The van der Waals surface area contributed by atoms with Crippen molar-refractivity contribution in [3.8, 4) is 0 Å².